The fourth-order valence-corrected chi connectivity index (χ4v) is 3.69. The monoisotopic (exact) mass is 318 g/mol. The Morgan fingerprint density at radius 1 is 1.00 bits per heavy atom. The minimum atomic E-state index is 0.320. The summed E-state index contributed by atoms with van der Waals surface area (Å²) in [6.07, 6.45) is 5.03. The lowest BCUT2D eigenvalue weighted by molar-refractivity contribution is 0.116. The van der Waals surface area contributed by atoms with Crippen molar-refractivity contribution in [2.24, 2.45) is 5.92 Å². The molecule has 0 bridgehead atoms. The van der Waals surface area contributed by atoms with E-state index in [2.05, 4.69) is 34.1 Å². The number of likely N-dealkylation sites (tertiary alicyclic amines) is 2. The molecule has 2 aliphatic rings. The van der Waals surface area contributed by atoms with E-state index in [1.165, 1.54) is 37.9 Å². The molecule has 1 aromatic carbocycles. The van der Waals surface area contributed by atoms with Crippen molar-refractivity contribution in [3.63, 3.8) is 0 Å². The number of hydrogen-bond donors (Lipinski definition) is 1. The molecule has 1 unspecified atom stereocenters. The van der Waals surface area contributed by atoms with Crippen LogP contribution in [-0.4, -0.2) is 60.8 Å². The molecular formula is C19H30N2O2. The van der Waals surface area contributed by atoms with Crippen molar-refractivity contribution in [1.82, 2.24) is 9.80 Å². The third kappa shape index (κ3) is 5.20. The van der Waals surface area contributed by atoms with E-state index in [0.29, 0.717) is 12.5 Å². The van der Waals surface area contributed by atoms with Crippen LogP contribution in [0.15, 0.2) is 24.3 Å². The third-order valence-electron chi connectivity index (χ3n) is 5.07. The molecule has 0 aliphatic carbocycles. The van der Waals surface area contributed by atoms with E-state index in [4.69, 9.17) is 4.74 Å². The average Bonchev–Trinajstić information content (AvgIpc) is 3.10. The van der Waals surface area contributed by atoms with Crippen LogP contribution >= 0.6 is 0 Å². The predicted octanol–water partition coefficient (Wildman–Crippen LogP) is 2.37. The maximum Gasteiger partial charge on any atom is 0.119 e. The molecule has 0 amide bonds. The molecule has 4 nitrogen and oxygen atoms in total. The van der Waals surface area contributed by atoms with Gasteiger partial charge in [0.2, 0.25) is 0 Å². The Labute approximate surface area is 140 Å². The SMILES string of the molecule is OCC1CCCN(Cc2ccc(OCCN3CCCC3)cc2)C1. The van der Waals surface area contributed by atoms with Crippen LogP contribution in [0.2, 0.25) is 0 Å². The Kier molecular flexibility index (Phi) is 6.31. The zero-order valence-electron chi connectivity index (χ0n) is 14.1. The third-order valence-corrected chi connectivity index (χ3v) is 5.07. The second-order valence-corrected chi connectivity index (χ2v) is 6.97. The highest BCUT2D eigenvalue weighted by atomic mass is 16.5. The van der Waals surface area contributed by atoms with E-state index < -0.39 is 0 Å². The van der Waals surface area contributed by atoms with Crippen LogP contribution in [0.4, 0.5) is 0 Å². The molecule has 2 heterocycles. The summed E-state index contributed by atoms with van der Waals surface area (Å²) in [5.41, 5.74) is 1.33. The summed E-state index contributed by atoms with van der Waals surface area (Å²) in [6, 6.07) is 8.53. The van der Waals surface area contributed by atoms with E-state index in [9.17, 15) is 5.11 Å². The highest BCUT2D eigenvalue weighted by Gasteiger charge is 2.19. The van der Waals surface area contributed by atoms with Crippen molar-refractivity contribution >= 4 is 0 Å². The second kappa shape index (κ2) is 8.67. The van der Waals surface area contributed by atoms with Crippen molar-refractivity contribution in [3.8, 4) is 5.75 Å². The Bertz CT molecular complexity index is 457. The van der Waals surface area contributed by atoms with Crippen molar-refractivity contribution in [1.29, 1.82) is 0 Å². The Hall–Kier alpha value is -1.10. The largest absolute Gasteiger partial charge is 0.492 e. The van der Waals surface area contributed by atoms with Crippen LogP contribution in [0.5, 0.6) is 5.75 Å². The first kappa shape index (κ1) is 16.7. The summed E-state index contributed by atoms with van der Waals surface area (Å²) in [6.45, 7) is 7.74. The zero-order valence-corrected chi connectivity index (χ0v) is 14.1. The highest BCUT2D eigenvalue weighted by Crippen LogP contribution is 2.19. The number of hydrogen-bond acceptors (Lipinski definition) is 4. The molecule has 128 valence electrons. The number of ether oxygens (including phenoxy) is 1. The highest BCUT2D eigenvalue weighted by molar-refractivity contribution is 5.27. The van der Waals surface area contributed by atoms with E-state index in [1.54, 1.807) is 0 Å². The standard InChI is InChI=1S/C19H30N2O2/c22-16-18-4-3-11-21(15-18)14-17-5-7-19(8-6-17)23-13-12-20-9-1-2-10-20/h5-8,18,22H,1-4,9-16H2. The normalized spacial score (nSPS) is 23.3. The second-order valence-electron chi connectivity index (χ2n) is 6.97. The molecule has 0 spiro atoms. The number of aliphatic hydroxyl groups excluding tert-OH is 1. The molecule has 1 aromatic rings. The van der Waals surface area contributed by atoms with Crippen molar-refractivity contribution in [2.75, 3.05) is 45.9 Å². The number of rotatable bonds is 7. The number of benzene rings is 1. The van der Waals surface area contributed by atoms with E-state index in [-0.39, 0.29) is 0 Å². The van der Waals surface area contributed by atoms with Crippen LogP contribution in [0.1, 0.15) is 31.2 Å². The van der Waals surface area contributed by atoms with E-state index in [0.717, 1.165) is 45.0 Å². The van der Waals surface area contributed by atoms with Crippen molar-refractivity contribution in [2.45, 2.75) is 32.2 Å². The molecular weight excluding hydrogens is 288 g/mol. The van der Waals surface area contributed by atoms with Crippen LogP contribution in [0, 0.1) is 5.92 Å². The fraction of sp³-hybridized carbons (Fsp3) is 0.684. The molecule has 3 rings (SSSR count). The predicted molar refractivity (Wildman–Crippen MR) is 92.7 cm³/mol. The first-order chi connectivity index (χ1) is 11.3. The van der Waals surface area contributed by atoms with Gasteiger partial charge in [-0.25, -0.2) is 0 Å². The Balaban J connectivity index is 1.41. The maximum absolute atomic E-state index is 9.33. The van der Waals surface area contributed by atoms with Crippen molar-refractivity contribution < 1.29 is 9.84 Å². The first-order valence-corrected chi connectivity index (χ1v) is 9.11. The molecule has 1 N–H and O–H groups in total. The molecule has 23 heavy (non-hydrogen) atoms. The zero-order chi connectivity index (χ0) is 15.9. The minimum absolute atomic E-state index is 0.320. The van der Waals surface area contributed by atoms with E-state index in [1.807, 2.05) is 0 Å². The number of aliphatic hydroxyl groups is 1. The minimum Gasteiger partial charge on any atom is -0.492 e. The fourth-order valence-electron chi connectivity index (χ4n) is 3.69. The lowest BCUT2D eigenvalue weighted by Gasteiger charge is -2.31. The molecule has 2 aliphatic heterocycles. The maximum atomic E-state index is 9.33. The molecule has 1 atom stereocenters. The molecule has 0 aromatic heterocycles. The van der Waals surface area contributed by atoms with Gasteiger partial charge in [0.15, 0.2) is 0 Å². The molecule has 0 saturated carbocycles. The van der Waals surface area contributed by atoms with Gasteiger partial charge in [0.25, 0.3) is 0 Å². The van der Waals surface area contributed by atoms with Gasteiger partial charge in [-0.15, -0.1) is 0 Å². The van der Waals surface area contributed by atoms with Gasteiger partial charge in [-0.3, -0.25) is 9.80 Å². The summed E-state index contributed by atoms with van der Waals surface area (Å²) in [4.78, 5) is 4.93. The van der Waals surface area contributed by atoms with Gasteiger partial charge in [0.1, 0.15) is 12.4 Å². The topological polar surface area (TPSA) is 35.9 Å². The summed E-state index contributed by atoms with van der Waals surface area (Å²) in [5, 5.41) is 9.33. The van der Waals surface area contributed by atoms with Crippen molar-refractivity contribution in [3.05, 3.63) is 29.8 Å². The number of piperidine rings is 1. The smallest absolute Gasteiger partial charge is 0.119 e. The van der Waals surface area contributed by atoms with Crippen LogP contribution in [-0.2, 0) is 6.54 Å². The Morgan fingerprint density at radius 2 is 1.74 bits per heavy atom. The van der Waals surface area contributed by atoms with Gasteiger partial charge in [-0.1, -0.05) is 12.1 Å². The van der Waals surface area contributed by atoms with Gasteiger partial charge in [0, 0.05) is 26.2 Å². The average molecular weight is 318 g/mol. The van der Waals surface area contributed by atoms with Crippen LogP contribution in [0.3, 0.4) is 0 Å². The summed E-state index contributed by atoms with van der Waals surface area (Å²) < 4.78 is 5.86. The van der Waals surface area contributed by atoms with Gasteiger partial charge in [0.05, 0.1) is 0 Å². The molecule has 4 heteroatoms. The van der Waals surface area contributed by atoms with E-state index >= 15 is 0 Å². The molecule has 0 radical (unpaired) electrons. The molecule has 2 fully saturated rings. The first-order valence-electron chi connectivity index (χ1n) is 9.11. The lowest BCUT2D eigenvalue weighted by Crippen LogP contribution is -2.36. The van der Waals surface area contributed by atoms with Crippen LogP contribution in [0.25, 0.3) is 0 Å². The quantitative estimate of drug-likeness (QED) is 0.837. The lowest BCUT2D eigenvalue weighted by atomic mass is 9.98. The molecule has 2 saturated heterocycles. The summed E-state index contributed by atoms with van der Waals surface area (Å²) in [5.74, 6) is 1.43. The number of nitrogens with zero attached hydrogens (tertiary/aromatic N) is 2. The summed E-state index contributed by atoms with van der Waals surface area (Å²) >= 11 is 0. The van der Waals surface area contributed by atoms with Crippen LogP contribution < -0.4 is 4.74 Å². The Morgan fingerprint density at radius 3 is 2.48 bits per heavy atom. The van der Waals surface area contributed by atoms with Gasteiger partial charge in [-0.05, 0) is 68.9 Å². The van der Waals surface area contributed by atoms with Gasteiger partial charge >= 0.3 is 0 Å². The van der Waals surface area contributed by atoms with Gasteiger partial charge < -0.3 is 9.84 Å². The van der Waals surface area contributed by atoms with Gasteiger partial charge in [-0.2, -0.15) is 0 Å². The summed E-state index contributed by atoms with van der Waals surface area (Å²) in [7, 11) is 0.